The number of carboxylic acids is 1. The first-order valence-electron chi connectivity index (χ1n) is 7.61. The first kappa shape index (κ1) is 15.5. The van der Waals surface area contributed by atoms with Crippen molar-refractivity contribution in [2.75, 3.05) is 20.1 Å². The number of rotatable bonds is 2. The van der Waals surface area contributed by atoms with Crippen LogP contribution in [0.4, 0.5) is 0 Å². The summed E-state index contributed by atoms with van der Waals surface area (Å²) in [6.45, 7) is 4.64. The molecule has 0 saturated heterocycles. The number of allylic oxidation sites excluding steroid dienone is 1. The van der Waals surface area contributed by atoms with Crippen LogP contribution in [-0.2, 0) is 9.59 Å². The third-order valence-electron chi connectivity index (χ3n) is 4.52. The highest BCUT2D eigenvalue weighted by Gasteiger charge is 2.39. The molecular formula is C18H20N2O3. The Kier molecular flexibility index (Phi) is 3.82. The summed E-state index contributed by atoms with van der Waals surface area (Å²) in [5.41, 5.74) is 4.16. The summed E-state index contributed by atoms with van der Waals surface area (Å²) in [6, 6.07) is 7.67. The van der Waals surface area contributed by atoms with E-state index in [4.69, 9.17) is 0 Å². The Morgan fingerprint density at radius 3 is 2.61 bits per heavy atom. The summed E-state index contributed by atoms with van der Waals surface area (Å²) in [7, 11) is 1.89. The van der Waals surface area contributed by atoms with E-state index in [2.05, 4.69) is 5.32 Å². The lowest BCUT2D eigenvalue weighted by molar-refractivity contribution is -0.133. The molecule has 2 heterocycles. The lowest BCUT2D eigenvalue weighted by Gasteiger charge is -2.36. The summed E-state index contributed by atoms with van der Waals surface area (Å²) in [5, 5.41) is 12.9. The molecule has 0 radical (unpaired) electrons. The fourth-order valence-corrected chi connectivity index (χ4v) is 3.51. The van der Waals surface area contributed by atoms with Crippen LogP contribution in [0.15, 0.2) is 46.8 Å². The van der Waals surface area contributed by atoms with E-state index in [0.717, 1.165) is 16.8 Å². The second kappa shape index (κ2) is 5.66. The van der Waals surface area contributed by atoms with Gasteiger partial charge in [-0.1, -0.05) is 24.3 Å². The van der Waals surface area contributed by atoms with Gasteiger partial charge >= 0.3 is 5.97 Å². The van der Waals surface area contributed by atoms with Crippen molar-refractivity contribution in [3.05, 3.63) is 57.9 Å². The van der Waals surface area contributed by atoms with Crippen molar-refractivity contribution in [2.45, 2.75) is 19.8 Å². The Hall–Kier alpha value is -2.40. The minimum absolute atomic E-state index is 0.0132. The fraction of sp³-hybridized carbons (Fsp3) is 0.333. The van der Waals surface area contributed by atoms with E-state index in [1.165, 1.54) is 0 Å². The van der Waals surface area contributed by atoms with Gasteiger partial charge in [0.2, 0.25) is 0 Å². The molecule has 2 N–H and O–H groups in total. The van der Waals surface area contributed by atoms with Crippen molar-refractivity contribution >= 4 is 11.8 Å². The van der Waals surface area contributed by atoms with Crippen molar-refractivity contribution in [3.8, 4) is 0 Å². The lowest BCUT2D eigenvalue weighted by atomic mass is 9.76. The number of hydrogen-bond acceptors (Lipinski definition) is 4. The number of nitrogens with zero attached hydrogens (tertiary/aromatic N) is 1. The molecule has 0 saturated carbocycles. The topological polar surface area (TPSA) is 69.6 Å². The Balaban J connectivity index is 2.24. The second-order valence-corrected chi connectivity index (χ2v) is 6.25. The minimum Gasteiger partial charge on any atom is -0.478 e. The highest BCUT2D eigenvalue weighted by Crippen LogP contribution is 2.41. The zero-order chi connectivity index (χ0) is 16.7. The molecule has 1 aromatic carbocycles. The van der Waals surface area contributed by atoms with Crippen LogP contribution < -0.4 is 5.32 Å². The van der Waals surface area contributed by atoms with Gasteiger partial charge in [0.1, 0.15) is 0 Å². The molecule has 2 aliphatic heterocycles. The van der Waals surface area contributed by atoms with Crippen molar-refractivity contribution in [3.63, 3.8) is 0 Å². The predicted molar refractivity (Wildman–Crippen MR) is 86.9 cm³/mol. The SMILES string of the molecule is CC1=C(C(=O)O)C(c2ccccc2C)C2=C(CN(C)CC2=O)N1. The number of carboxylic acid groups (broad SMARTS) is 1. The molecule has 0 amide bonds. The third-order valence-corrected chi connectivity index (χ3v) is 4.52. The number of Topliss-reactive ketones (excluding diaryl/α,β-unsaturated/α-hetero) is 1. The van der Waals surface area contributed by atoms with Gasteiger partial charge in [0.25, 0.3) is 0 Å². The van der Waals surface area contributed by atoms with Crippen LogP contribution in [0.25, 0.3) is 0 Å². The Bertz CT molecular complexity index is 761. The Morgan fingerprint density at radius 1 is 1.26 bits per heavy atom. The van der Waals surface area contributed by atoms with Crippen molar-refractivity contribution < 1.29 is 14.7 Å². The van der Waals surface area contributed by atoms with E-state index in [1.807, 2.05) is 43.1 Å². The van der Waals surface area contributed by atoms with E-state index in [0.29, 0.717) is 24.4 Å². The smallest absolute Gasteiger partial charge is 0.334 e. The first-order valence-corrected chi connectivity index (χ1v) is 7.61. The maximum atomic E-state index is 12.7. The predicted octanol–water partition coefficient (Wildman–Crippen LogP) is 1.81. The number of carbonyl (C=O) groups excluding carboxylic acids is 1. The third kappa shape index (κ3) is 2.57. The molecule has 5 nitrogen and oxygen atoms in total. The first-order chi connectivity index (χ1) is 10.9. The molecule has 120 valence electrons. The monoisotopic (exact) mass is 312 g/mol. The summed E-state index contributed by atoms with van der Waals surface area (Å²) in [4.78, 5) is 26.4. The highest BCUT2D eigenvalue weighted by atomic mass is 16.4. The molecule has 1 atom stereocenters. The van der Waals surface area contributed by atoms with Crippen molar-refractivity contribution in [1.29, 1.82) is 0 Å². The quantitative estimate of drug-likeness (QED) is 0.871. The maximum absolute atomic E-state index is 12.7. The number of carbonyl (C=O) groups is 2. The molecule has 0 aromatic heterocycles. The van der Waals surface area contributed by atoms with Crippen molar-refractivity contribution in [1.82, 2.24) is 10.2 Å². The molecule has 1 aromatic rings. The molecular weight excluding hydrogens is 292 g/mol. The van der Waals surface area contributed by atoms with E-state index in [-0.39, 0.29) is 11.4 Å². The summed E-state index contributed by atoms with van der Waals surface area (Å²) >= 11 is 0. The zero-order valence-corrected chi connectivity index (χ0v) is 13.5. The Morgan fingerprint density at radius 2 is 1.96 bits per heavy atom. The number of likely N-dealkylation sites (N-methyl/N-ethyl adjacent to an activating group) is 1. The van der Waals surface area contributed by atoms with Gasteiger partial charge in [0, 0.05) is 29.4 Å². The molecule has 23 heavy (non-hydrogen) atoms. The lowest BCUT2D eigenvalue weighted by Crippen LogP contribution is -2.43. The molecule has 0 fully saturated rings. The van der Waals surface area contributed by atoms with Crippen LogP contribution in [0.3, 0.4) is 0 Å². The number of aliphatic carboxylic acids is 1. The molecule has 3 rings (SSSR count). The van der Waals surface area contributed by atoms with Gasteiger partial charge in [-0.05, 0) is 32.0 Å². The number of hydrogen-bond donors (Lipinski definition) is 2. The van der Waals surface area contributed by atoms with Gasteiger partial charge in [0.05, 0.1) is 12.1 Å². The van der Waals surface area contributed by atoms with Gasteiger partial charge < -0.3 is 10.4 Å². The van der Waals surface area contributed by atoms with Crippen LogP contribution in [0, 0.1) is 6.92 Å². The minimum atomic E-state index is -0.985. The van der Waals surface area contributed by atoms with Crippen LogP contribution >= 0.6 is 0 Å². The van der Waals surface area contributed by atoms with E-state index < -0.39 is 11.9 Å². The largest absolute Gasteiger partial charge is 0.478 e. The standard InChI is InChI=1S/C18H20N2O3/c1-10-6-4-5-7-12(10)16-15(18(22)23)11(2)19-13-8-20(3)9-14(21)17(13)16/h4-7,16,19H,8-9H2,1-3H3,(H,22,23). The van der Waals surface area contributed by atoms with E-state index in [1.54, 1.807) is 6.92 Å². The number of nitrogens with one attached hydrogen (secondary N) is 1. The molecule has 5 heteroatoms. The normalized spacial score (nSPS) is 22.0. The summed E-state index contributed by atoms with van der Waals surface area (Å²) in [5.74, 6) is -1.51. The fourth-order valence-electron chi connectivity index (χ4n) is 3.51. The van der Waals surface area contributed by atoms with E-state index in [9.17, 15) is 14.7 Å². The average molecular weight is 312 g/mol. The highest BCUT2D eigenvalue weighted by molar-refractivity contribution is 6.04. The number of aryl methyl sites for hydroxylation is 1. The molecule has 1 unspecified atom stereocenters. The second-order valence-electron chi connectivity index (χ2n) is 6.25. The van der Waals surface area contributed by atoms with Gasteiger partial charge in [-0.3, -0.25) is 9.69 Å². The number of benzene rings is 1. The van der Waals surface area contributed by atoms with Crippen LogP contribution in [0.2, 0.25) is 0 Å². The summed E-state index contributed by atoms with van der Waals surface area (Å²) in [6.07, 6.45) is 0. The summed E-state index contributed by atoms with van der Waals surface area (Å²) < 4.78 is 0. The zero-order valence-electron chi connectivity index (χ0n) is 13.5. The molecule has 0 bridgehead atoms. The average Bonchev–Trinajstić information content (AvgIpc) is 2.45. The van der Waals surface area contributed by atoms with Crippen LogP contribution in [0.5, 0.6) is 0 Å². The van der Waals surface area contributed by atoms with Gasteiger partial charge in [0.15, 0.2) is 5.78 Å². The maximum Gasteiger partial charge on any atom is 0.334 e. The van der Waals surface area contributed by atoms with Crippen LogP contribution in [-0.4, -0.2) is 41.9 Å². The van der Waals surface area contributed by atoms with Crippen LogP contribution in [0.1, 0.15) is 24.0 Å². The molecule has 0 aliphatic carbocycles. The van der Waals surface area contributed by atoms with Gasteiger partial charge in [-0.15, -0.1) is 0 Å². The number of dihydropyridines is 1. The molecule has 2 aliphatic rings. The number of ketones is 1. The molecule has 0 spiro atoms. The van der Waals surface area contributed by atoms with E-state index >= 15 is 0 Å². The Labute approximate surface area is 135 Å². The van der Waals surface area contributed by atoms with Gasteiger partial charge in [-0.25, -0.2) is 4.79 Å². The van der Waals surface area contributed by atoms with Gasteiger partial charge in [-0.2, -0.15) is 0 Å². The van der Waals surface area contributed by atoms with Crippen molar-refractivity contribution in [2.24, 2.45) is 0 Å².